The Kier molecular flexibility index (Phi) is 4.87. The minimum atomic E-state index is 0.182. The second-order valence-electron chi connectivity index (χ2n) is 5.39. The first-order chi connectivity index (χ1) is 8.63. The van der Waals surface area contributed by atoms with E-state index in [2.05, 4.69) is 34.8 Å². The summed E-state index contributed by atoms with van der Waals surface area (Å²) in [4.78, 5) is 2.41. The van der Waals surface area contributed by atoms with Gasteiger partial charge in [0.05, 0.1) is 6.04 Å². The van der Waals surface area contributed by atoms with Crippen molar-refractivity contribution in [2.75, 3.05) is 13.6 Å². The Bertz CT molecular complexity index is 380. The molecule has 1 aromatic rings. The number of nitrogens with zero attached hydrogens (tertiary/aromatic N) is 1. The second-order valence-corrected chi connectivity index (χ2v) is 6.17. The molecule has 1 aromatic heterocycles. The minimum Gasteiger partial charge on any atom is -0.453 e. The summed E-state index contributed by atoms with van der Waals surface area (Å²) in [5.41, 5.74) is 5.95. The Morgan fingerprint density at radius 2 is 2.17 bits per heavy atom. The lowest BCUT2D eigenvalue weighted by molar-refractivity contribution is 0.0886. The van der Waals surface area contributed by atoms with Crippen LogP contribution in [-0.4, -0.2) is 24.5 Å². The first-order valence-corrected chi connectivity index (χ1v) is 7.60. The lowest BCUT2D eigenvalue weighted by Crippen LogP contribution is -2.43. The molecular weight excluding hydrogens is 292 g/mol. The lowest BCUT2D eigenvalue weighted by atomic mass is 9.84. The molecule has 1 saturated carbocycles. The van der Waals surface area contributed by atoms with Crippen molar-refractivity contribution in [1.29, 1.82) is 0 Å². The van der Waals surface area contributed by atoms with Crippen LogP contribution < -0.4 is 5.73 Å². The highest BCUT2D eigenvalue weighted by Gasteiger charge is 2.30. The summed E-state index contributed by atoms with van der Waals surface area (Å²) in [7, 11) is 2.18. The molecule has 1 aliphatic carbocycles. The fraction of sp³-hybridized carbons (Fsp3) is 0.714. The number of rotatable bonds is 4. The zero-order valence-electron chi connectivity index (χ0n) is 11.2. The van der Waals surface area contributed by atoms with Gasteiger partial charge in [-0.2, -0.15) is 0 Å². The van der Waals surface area contributed by atoms with Gasteiger partial charge in [-0.25, -0.2) is 0 Å². The van der Waals surface area contributed by atoms with E-state index in [1.807, 2.05) is 12.1 Å². The summed E-state index contributed by atoms with van der Waals surface area (Å²) < 4.78 is 6.46. The normalized spacial score (nSPS) is 26.5. The van der Waals surface area contributed by atoms with Gasteiger partial charge < -0.3 is 10.2 Å². The van der Waals surface area contributed by atoms with E-state index in [0.717, 1.165) is 16.3 Å². The molecule has 102 valence electrons. The molecular formula is C14H23BrN2O. The molecule has 0 saturated heterocycles. The molecule has 0 radical (unpaired) electrons. The second kappa shape index (κ2) is 6.22. The summed E-state index contributed by atoms with van der Waals surface area (Å²) in [6.45, 7) is 2.95. The van der Waals surface area contributed by atoms with Crippen molar-refractivity contribution in [3.63, 3.8) is 0 Å². The van der Waals surface area contributed by atoms with E-state index in [9.17, 15) is 0 Å². The maximum absolute atomic E-state index is 5.95. The molecule has 0 aromatic carbocycles. The van der Waals surface area contributed by atoms with E-state index in [4.69, 9.17) is 10.2 Å². The Balaban J connectivity index is 2.11. The molecule has 3 unspecified atom stereocenters. The Hall–Kier alpha value is -0.320. The van der Waals surface area contributed by atoms with Crippen LogP contribution in [0, 0.1) is 5.92 Å². The number of nitrogens with two attached hydrogens (primary N) is 1. The van der Waals surface area contributed by atoms with Gasteiger partial charge in [-0.1, -0.05) is 19.8 Å². The number of likely N-dealkylation sites (N-methyl/N-ethyl adjacent to an activating group) is 1. The van der Waals surface area contributed by atoms with Crippen LogP contribution in [0.3, 0.4) is 0 Å². The standard InChI is InChI=1S/C14H23BrN2O/c1-10-5-3-4-6-11(10)17(2)12(9-16)13-7-8-14(15)18-13/h7-8,10-12H,3-6,9,16H2,1-2H3. The summed E-state index contributed by atoms with van der Waals surface area (Å²) >= 11 is 3.36. The van der Waals surface area contributed by atoms with Crippen molar-refractivity contribution in [2.24, 2.45) is 11.7 Å². The SMILES string of the molecule is CC1CCCCC1N(C)C(CN)c1ccc(Br)o1. The summed E-state index contributed by atoms with van der Waals surface area (Å²) in [6, 6.07) is 4.76. The lowest BCUT2D eigenvalue weighted by Gasteiger charge is -2.39. The fourth-order valence-electron chi connectivity index (χ4n) is 3.12. The Morgan fingerprint density at radius 1 is 1.44 bits per heavy atom. The first kappa shape index (κ1) is 14.1. The molecule has 18 heavy (non-hydrogen) atoms. The molecule has 0 bridgehead atoms. The van der Waals surface area contributed by atoms with Crippen LogP contribution in [0.5, 0.6) is 0 Å². The highest BCUT2D eigenvalue weighted by atomic mass is 79.9. The van der Waals surface area contributed by atoms with Crippen LogP contribution in [0.4, 0.5) is 0 Å². The van der Waals surface area contributed by atoms with E-state index in [-0.39, 0.29) is 6.04 Å². The minimum absolute atomic E-state index is 0.182. The van der Waals surface area contributed by atoms with Crippen LogP contribution >= 0.6 is 15.9 Å². The summed E-state index contributed by atoms with van der Waals surface area (Å²) in [5.74, 6) is 1.71. The molecule has 3 nitrogen and oxygen atoms in total. The van der Waals surface area contributed by atoms with Gasteiger partial charge in [0.2, 0.25) is 0 Å². The van der Waals surface area contributed by atoms with Crippen LogP contribution in [0.25, 0.3) is 0 Å². The highest BCUT2D eigenvalue weighted by Crippen LogP contribution is 2.33. The van der Waals surface area contributed by atoms with Crippen LogP contribution in [0.2, 0.25) is 0 Å². The van der Waals surface area contributed by atoms with E-state index < -0.39 is 0 Å². The zero-order valence-corrected chi connectivity index (χ0v) is 12.8. The molecule has 0 amide bonds. The van der Waals surface area contributed by atoms with Gasteiger partial charge in [0, 0.05) is 12.6 Å². The van der Waals surface area contributed by atoms with Gasteiger partial charge in [0.25, 0.3) is 0 Å². The number of hydrogen-bond acceptors (Lipinski definition) is 3. The van der Waals surface area contributed by atoms with Crippen LogP contribution in [0.1, 0.15) is 44.4 Å². The third-order valence-electron chi connectivity index (χ3n) is 4.23. The summed E-state index contributed by atoms with van der Waals surface area (Å²) in [6.07, 6.45) is 5.30. The third-order valence-corrected chi connectivity index (χ3v) is 4.65. The van der Waals surface area contributed by atoms with Crippen LogP contribution in [-0.2, 0) is 0 Å². The van der Waals surface area contributed by atoms with Gasteiger partial charge in [-0.3, -0.25) is 4.90 Å². The van der Waals surface area contributed by atoms with Gasteiger partial charge in [0.15, 0.2) is 4.67 Å². The van der Waals surface area contributed by atoms with Crippen molar-refractivity contribution in [2.45, 2.75) is 44.7 Å². The number of hydrogen-bond donors (Lipinski definition) is 1. The number of furan rings is 1. The van der Waals surface area contributed by atoms with E-state index in [0.29, 0.717) is 12.6 Å². The van der Waals surface area contributed by atoms with E-state index in [1.54, 1.807) is 0 Å². The average molecular weight is 315 g/mol. The third kappa shape index (κ3) is 2.98. The maximum atomic E-state index is 5.95. The van der Waals surface area contributed by atoms with E-state index in [1.165, 1.54) is 25.7 Å². The highest BCUT2D eigenvalue weighted by molar-refractivity contribution is 9.10. The molecule has 1 heterocycles. The van der Waals surface area contributed by atoms with Gasteiger partial charge in [-0.05, 0) is 53.9 Å². The molecule has 1 fully saturated rings. The first-order valence-electron chi connectivity index (χ1n) is 6.80. The zero-order chi connectivity index (χ0) is 13.1. The topological polar surface area (TPSA) is 42.4 Å². The van der Waals surface area contributed by atoms with Crippen molar-refractivity contribution in [3.05, 3.63) is 22.6 Å². The molecule has 0 spiro atoms. The Labute approximate surface area is 118 Å². The largest absolute Gasteiger partial charge is 0.453 e. The predicted molar refractivity (Wildman–Crippen MR) is 77.4 cm³/mol. The van der Waals surface area contributed by atoms with Gasteiger partial charge in [-0.15, -0.1) is 0 Å². The number of halogens is 1. The molecule has 3 atom stereocenters. The molecule has 1 aliphatic rings. The fourth-order valence-corrected chi connectivity index (χ4v) is 3.44. The summed E-state index contributed by atoms with van der Waals surface area (Å²) in [5, 5.41) is 0. The van der Waals surface area contributed by atoms with Crippen molar-refractivity contribution >= 4 is 15.9 Å². The smallest absolute Gasteiger partial charge is 0.169 e. The molecule has 2 rings (SSSR count). The van der Waals surface area contributed by atoms with Crippen LogP contribution in [0.15, 0.2) is 21.2 Å². The van der Waals surface area contributed by atoms with E-state index >= 15 is 0 Å². The van der Waals surface area contributed by atoms with Crippen molar-refractivity contribution in [1.82, 2.24) is 4.90 Å². The average Bonchev–Trinajstić information content (AvgIpc) is 2.77. The van der Waals surface area contributed by atoms with Gasteiger partial charge >= 0.3 is 0 Å². The van der Waals surface area contributed by atoms with Crippen molar-refractivity contribution < 1.29 is 4.42 Å². The quantitative estimate of drug-likeness (QED) is 0.924. The Morgan fingerprint density at radius 3 is 2.72 bits per heavy atom. The predicted octanol–water partition coefficient (Wildman–Crippen LogP) is 3.55. The van der Waals surface area contributed by atoms with Gasteiger partial charge in [0.1, 0.15) is 5.76 Å². The maximum Gasteiger partial charge on any atom is 0.169 e. The molecule has 2 N–H and O–H groups in total. The molecule has 4 heteroatoms. The molecule has 0 aliphatic heterocycles. The monoisotopic (exact) mass is 314 g/mol. The van der Waals surface area contributed by atoms with Crippen molar-refractivity contribution in [3.8, 4) is 0 Å².